The number of ether oxygens (including phenoxy) is 1. The molecule has 0 unspecified atom stereocenters. The molecule has 0 atom stereocenters. The smallest absolute Gasteiger partial charge is 0.309 e. The minimum Gasteiger partial charge on any atom is -0.462 e. The fourth-order valence-electron chi connectivity index (χ4n) is 4.83. The number of hydrogen-bond donors (Lipinski definition) is 0. The van der Waals surface area contributed by atoms with Crippen LogP contribution in [0.4, 0.5) is 4.39 Å². The van der Waals surface area contributed by atoms with Gasteiger partial charge < -0.3 is 4.74 Å². The van der Waals surface area contributed by atoms with Crippen LogP contribution >= 0.6 is 0 Å². The van der Waals surface area contributed by atoms with Crippen molar-refractivity contribution < 1.29 is 13.9 Å². The van der Waals surface area contributed by atoms with E-state index in [1.165, 1.54) is 12.8 Å². The van der Waals surface area contributed by atoms with Gasteiger partial charge in [0.1, 0.15) is 18.0 Å². The van der Waals surface area contributed by atoms with Crippen LogP contribution < -0.4 is 0 Å². The van der Waals surface area contributed by atoms with E-state index in [4.69, 9.17) is 10.00 Å². The Hall–Kier alpha value is -2.15. The first-order chi connectivity index (χ1) is 13.1. The molecule has 2 saturated carbocycles. The topological polar surface area (TPSA) is 50.1 Å². The molecule has 4 heteroatoms. The summed E-state index contributed by atoms with van der Waals surface area (Å²) in [5.74, 6) is 1.29. The van der Waals surface area contributed by atoms with Crippen LogP contribution in [0.25, 0.3) is 0 Å². The number of benzene rings is 1. The van der Waals surface area contributed by atoms with E-state index in [-0.39, 0.29) is 17.6 Å². The quantitative estimate of drug-likeness (QED) is 0.498. The van der Waals surface area contributed by atoms with Crippen LogP contribution in [-0.2, 0) is 9.53 Å². The van der Waals surface area contributed by atoms with Crippen LogP contribution in [0.1, 0.15) is 74.8 Å². The summed E-state index contributed by atoms with van der Waals surface area (Å²) in [5.41, 5.74) is 1.15. The van der Waals surface area contributed by atoms with Crippen molar-refractivity contribution >= 4 is 5.97 Å². The second kappa shape index (κ2) is 9.17. The predicted octanol–water partition coefficient (Wildman–Crippen LogP) is 5.65. The molecule has 144 valence electrons. The van der Waals surface area contributed by atoms with Gasteiger partial charge in [-0.05, 0) is 86.8 Å². The largest absolute Gasteiger partial charge is 0.462 e. The van der Waals surface area contributed by atoms with Gasteiger partial charge >= 0.3 is 5.97 Å². The van der Waals surface area contributed by atoms with Crippen LogP contribution in [0, 0.1) is 29.0 Å². The fourth-order valence-corrected chi connectivity index (χ4v) is 4.83. The van der Waals surface area contributed by atoms with Gasteiger partial charge in [0.15, 0.2) is 0 Å². The van der Waals surface area contributed by atoms with Crippen molar-refractivity contribution in [3.05, 3.63) is 47.8 Å². The zero-order valence-corrected chi connectivity index (χ0v) is 15.8. The van der Waals surface area contributed by atoms with Gasteiger partial charge in [-0.1, -0.05) is 12.1 Å². The standard InChI is InChI=1S/C23H28FNO2/c1-2-3-23(26)27-21-12-10-17(11-13-21)16-4-6-18(7-5-16)19-8-9-20(15-25)22(24)14-19/h2,8-9,14,16-18,21H,1,3-7,10-13H2/t16-,17-,18-,21-. The van der Waals surface area contributed by atoms with E-state index in [9.17, 15) is 9.18 Å². The van der Waals surface area contributed by atoms with Crippen LogP contribution in [-0.4, -0.2) is 12.1 Å². The number of nitrogens with zero attached hydrogens (tertiary/aromatic N) is 1. The van der Waals surface area contributed by atoms with Crippen LogP contribution in [0.2, 0.25) is 0 Å². The highest BCUT2D eigenvalue weighted by Crippen LogP contribution is 2.43. The molecule has 0 saturated heterocycles. The van der Waals surface area contributed by atoms with Gasteiger partial charge in [0.2, 0.25) is 0 Å². The normalized spacial score (nSPS) is 28.1. The first-order valence-electron chi connectivity index (χ1n) is 10.1. The second-order valence-corrected chi connectivity index (χ2v) is 7.98. The summed E-state index contributed by atoms with van der Waals surface area (Å²) >= 11 is 0. The third-order valence-electron chi connectivity index (χ3n) is 6.35. The van der Waals surface area contributed by atoms with Gasteiger partial charge in [0, 0.05) is 0 Å². The monoisotopic (exact) mass is 369 g/mol. The van der Waals surface area contributed by atoms with Crippen molar-refractivity contribution in [2.75, 3.05) is 0 Å². The number of esters is 1. The first-order valence-corrected chi connectivity index (χ1v) is 10.1. The van der Waals surface area contributed by atoms with Crippen molar-refractivity contribution in [3.63, 3.8) is 0 Å². The summed E-state index contributed by atoms with van der Waals surface area (Å²) in [5, 5.41) is 8.87. The lowest BCUT2D eigenvalue weighted by Crippen LogP contribution is -2.29. The first kappa shape index (κ1) is 19.6. The molecular weight excluding hydrogens is 341 g/mol. The van der Waals surface area contributed by atoms with Gasteiger partial charge in [-0.25, -0.2) is 4.39 Å². The molecule has 0 spiro atoms. The Morgan fingerprint density at radius 3 is 2.33 bits per heavy atom. The molecule has 2 aliphatic carbocycles. The molecule has 0 aromatic heterocycles. The predicted molar refractivity (Wildman–Crippen MR) is 102 cm³/mol. The molecule has 0 amide bonds. The van der Waals surface area contributed by atoms with Crippen LogP contribution in [0.5, 0.6) is 0 Å². The van der Waals surface area contributed by atoms with E-state index in [2.05, 4.69) is 6.58 Å². The number of halogens is 1. The minimum atomic E-state index is -0.401. The highest BCUT2D eigenvalue weighted by Gasteiger charge is 2.32. The third-order valence-corrected chi connectivity index (χ3v) is 6.35. The summed E-state index contributed by atoms with van der Waals surface area (Å²) in [6.45, 7) is 3.57. The SMILES string of the molecule is C=CCC(=O)O[C@H]1CC[C@H]([C@H]2CC[C@H](c3ccc(C#N)c(F)c3)CC2)CC1. The lowest BCUT2D eigenvalue weighted by atomic mass is 9.69. The number of hydrogen-bond acceptors (Lipinski definition) is 3. The summed E-state index contributed by atoms with van der Waals surface area (Å²) in [6, 6.07) is 6.95. The average Bonchev–Trinajstić information content (AvgIpc) is 2.69. The Morgan fingerprint density at radius 2 is 1.78 bits per heavy atom. The van der Waals surface area contributed by atoms with Gasteiger partial charge in [-0.15, -0.1) is 6.58 Å². The van der Waals surface area contributed by atoms with E-state index in [0.717, 1.165) is 55.9 Å². The van der Waals surface area contributed by atoms with E-state index >= 15 is 0 Å². The maximum Gasteiger partial charge on any atom is 0.309 e. The Bertz CT molecular complexity index is 708. The Kier molecular flexibility index (Phi) is 6.66. The Balaban J connectivity index is 1.46. The Labute approximate surface area is 161 Å². The molecule has 0 aliphatic heterocycles. The lowest BCUT2D eigenvalue weighted by Gasteiger charge is -2.37. The second-order valence-electron chi connectivity index (χ2n) is 7.98. The molecule has 3 nitrogen and oxygen atoms in total. The fraction of sp³-hybridized carbons (Fsp3) is 0.565. The van der Waals surface area contributed by atoms with E-state index in [1.807, 2.05) is 12.1 Å². The number of carbonyl (C=O) groups excluding carboxylic acids is 1. The number of carbonyl (C=O) groups is 1. The molecule has 3 rings (SSSR count). The summed E-state index contributed by atoms with van der Waals surface area (Å²) < 4.78 is 19.4. The summed E-state index contributed by atoms with van der Waals surface area (Å²) in [4.78, 5) is 11.6. The molecular formula is C23H28FNO2. The zero-order chi connectivity index (χ0) is 19.2. The van der Waals surface area contributed by atoms with Crippen molar-refractivity contribution in [3.8, 4) is 6.07 Å². The van der Waals surface area contributed by atoms with Gasteiger partial charge in [0.05, 0.1) is 12.0 Å². The highest BCUT2D eigenvalue weighted by atomic mass is 19.1. The zero-order valence-electron chi connectivity index (χ0n) is 15.8. The van der Waals surface area contributed by atoms with E-state index in [1.54, 1.807) is 18.2 Å². The summed E-state index contributed by atoms with van der Waals surface area (Å²) in [7, 11) is 0. The molecule has 1 aromatic rings. The molecule has 1 aromatic carbocycles. The van der Waals surface area contributed by atoms with Crippen molar-refractivity contribution in [2.24, 2.45) is 11.8 Å². The van der Waals surface area contributed by atoms with Crippen LogP contribution in [0.15, 0.2) is 30.9 Å². The van der Waals surface area contributed by atoms with E-state index in [0.29, 0.717) is 12.3 Å². The summed E-state index contributed by atoms with van der Waals surface area (Å²) in [6.07, 6.45) is 10.7. The molecule has 0 N–H and O–H groups in total. The minimum absolute atomic E-state index is 0.0756. The molecule has 0 bridgehead atoms. The highest BCUT2D eigenvalue weighted by molar-refractivity contribution is 5.71. The molecule has 27 heavy (non-hydrogen) atoms. The third kappa shape index (κ3) is 4.97. The number of rotatable bonds is 5. The van der Waals surface area contributed by atoms with Gasteiger partial charge in [0.25, 0.3) is 0 Å². The van der Waals surface area contributed by atoms with Crippen molar-refractivity contribution in [1.29, 1.82) is 5.26 Å². The molecule has 2 fully saturated rings. The van der Waals surface area contributed by atoms with Gasteiger partial charge in [-0.2, -0.15) is 5.26 Å². The average molecular weight is 369 g/mol. The maximum atomic E-state index is 13.9. The lowest BCUT2D eigenvalue weighted by molar-refractivity contribution is -0.150. The molecule has 0 heterocycles. The van der Waals surface area contributed by atoms with Crippen LogP contribution in [0.3, 0.4) is 0 Å². The van der Waals surface area contributed by atoms with E-state index < -0.39 is 5.82 Å². The van der Waals surface area contributed by atoms with Crippen molar-refractivity contribution in [1.82, 2.24) is 0 Å². The number of nitriles is 1. The maximum absolute atomic E-state index is 13.9. The molecule has 2 aliphatic rings. The molecule has 0 radical (unpaired) electrons. The van der Waals surface area contributed by atoms with Gasteiger partial charge in [-0.3, -0.25) is 4.79 Å². The van der Waals surface area contributed by atoms with Crippen molar-refractivity contribution in [2.45, 2.75) is 69.8 Å². The Morgan fingerprint density at radius 1 is 1.15 bits per heavy atom.